The summed E-state index contributed by atoms with van der Waals surface area (Å²) in [7, 11) is 1.32. The summed E-state index contributed by atoms with van der Waals surface area (Å²) in [5.41, 5.74) is 4.26. The number of rotatable bonds is 8. The molecule has 0 fully saturated rings. The van der Waals surface area contributed by atoms with E-state index in [1.165, 1.54) is 37.5 Å². The van der Waals surface area contributed by atoms with Gasteiger partial charge in [0.05, 0.1) is 13.7 Å². The summed E-state index contributed by atoms with van der Waals surface area (Å²) in [5, 5.41) is 5.30. The average molecular weight is 418 g/mol. The Balaban J connectivity index is 1.93. The third kappa shape index (κ3) is 6.58. The normalized spacial score (nSPS) is 10.9. The Morgan fingerprint density at radius 2 is 1.73 bits per heavy atom. The van der Waals surface area contributed by atoms with Crippen molar-refractivity contribution in [3.63, 3.8) is 0 Å². The number of carbonyl (C=O) groups excluding carboxylic acids is 2. The van der Waals surface area contributed by atoms with Gasteiger partial charge in [-0.3, -0.25) is 9.59 Å². The second-order valence-electron chi connectivity index (χ2n) is 6.66. The van der Waals surface area contributed by atoms with E-state index in [0.29, 0.717) is 5.56 Å². The number of benzene rings is 2. The van der Waals surface area contributed by atoms with Crippen LogP contribution in [0.2, 0.25) is 0 Å². The predicted molar refractivity (Wildman–Crippen MR) is 111 cm³/mol. The number of hydrogen-bond acceptors (Lipinski definition) is 4. The Kier molecular flexibility index (Phi) is 7.91. The smallest absolute Gasteiger partial charge is 0.387 e. The topological polar surface area (TPSA) is 76.7 Å². The molecule has 0 aliphatic heterocycles. The molecular weight excluding hydrogens is 394 g/mol. The van der Waals surface area contributed by atoms with Crippen LogP contribution in [0.25, 0.3) is 6.08 Å². The second kappa shape index (κ2) is 10.4. The van der Waals surface area contributed by atoms with Crippen LogP contribution in [0.15, 0.2) is 36.4 Å². The lowest BCUT2D eigenvalue weighted by molar-refractivity contribution is -0.121. The Labute approximate surface area is 173 Å². The minimum Gasteiger partial charge on any atom is -0.493 e. The summed E-state index contributed by atoms with van der Waals surface area (Å²) in [6, 6.07) is 8.21. The van der Waals surface area contributed by atoms with Gasteiger partial charge < -0.3 is 20.1 Å². The number of halogens is 2. The first-order valence-electron chi connectivity index (χ1n) is 9.16. The van der Waals surface area contributed by atoms with Crippen LogP contribution in [-0.2, 0) is 9.59 Å². The number of aryl methyl sites for hydroxylation is 3. The fraction of sp³-hybridized carbons (Fsp3) is 0.273. The van der Waals surface area contributed by atoms with Crippen LogP contribution < -0.4 is 20.1 Å². The largest absolute Gasteiger partial charge is 0.493 e. The van der Waals surface area contributed by atoms with Gasteiger partial charge in [0, 0.05) is 11.8 Å². The van der Waals surface area contributed by atoms with E-state index in [9.17, 15) is 18.4 Å². The molecule has 2 amide bonds. The molecule has 2 aromatic carbocycles. The van der Waals surface area contributed by atoms with Crippen LogP contribution in [0.4, 0.5) is 14.5 Å². The molecule has 0 heterocycles. The molecule has 0 bridgehead atoms. The zero-order chi connectivity index (χ0) is 22.3. The molecule has 0 spiro atoms. The molecule has 6 nitrogen and oxygen atoms in total. The second-order valence-corrected chi connectivity index (χ2v) is 6.66. The lowest BCUT2D eigenvalue weighted by atomic mass is 10.1. The molecule has 0 atom stereocenters. The first-order chi connectivity index (χ1) is 14.2. The third-order valence-corrected chi connectivity index (χ3v) is 4.20. The van der Waals surface area contributed by atoms with Crippen molar-refractivity contribution in [1.82, 2.24) is 5.32 Å². The molecule has 160 valence electrons. The fourth-order valence-corrected chi connectivity index (χ4v) is 2.94. The van der Waals surface area contributed by atoms with Gasteiger partial charge >= 0.3 is 6.61 Å². The number of methoxy groups -OCH3 is 1. The highest BCUT2D eigenvalue weighted by Gasteiger charge is 2.11. The molecule has 0 aliphatic rings. The number of carbonyl (C=O) groups is 2. The first-order valence-corrected chi connectivity index (χ1v) is 9.16. The molecule has 2 rings (SSSR count). The van der Waals surface area contributed by atoms with E-state index >= 15 is 0 Å². The van der Waals surface area contributed by atoms with Gasteiger partial charge in [0.25, 0.3) is 0 Å². The maximum absolute atomic E-state index is 12.4. The summed E-state index contributed by atoms with van der Waals surface area (Å²) < 4.78 is 34.1. The average Bonchev–Trinajstić information content (AvgIpc) is 2.67. The van der Waals surface area contributed by atoms with Gasteiger partial charge in [-0.2, -0.15) is 8.78 Å². The van der Waals surface area contributed by atoms with E-state index in [0.717, 1.165) is 22.4 Å². The van der Waals surface area contributed by atoms with Crippen molar-refractivity contribution in [1.29, 1.82) is 0 Å². The van der Waals surface area contributed by atoms with E-state index in [1.54, 1.807) is 0 Å². The van der Waals surface area contributed by atoms with Gasteiger partial charge in [0.15, 0.2) is 11.5 Å². The number of anilines is 1. The minimum absolute atomic E-state index is 0.104. The van der Waals surface area contributed by atoms with Crippen LogP contribution in [-0.4, -0.2) is 32.1 Å². The van der Waals surface area contributed by atoms with Crippen molar-refractivity contribution in [2.75, 3.05) is 19.0 Å². The number of nitrogens with one attached hydrogen (secondary N) is 2. The number of ether oxygens (including phenoxy) is 2. The molecule has 0 aromatic heterocycles. The predicted octanol–water partition coefficient (Wildman–Crippen LogP) is 3.99. The Morgan fingerprint density at radius 1 is 1.07 bits per heavy atom. The van der Waals surface area contributed by atoms with Crippen molar-refractivity contribution in [2.24, 2.45) is 0 Å². The first kappa shape index (κ1) is 22.9. The summed E-state index contributed by atoms with van der Waals surface area (Å²) >= 11 is 0. The summed E-state index contributed by atoms with van der Waals surface area (Å²) in [4.78, 5) is 24.1. The molecule has 2 aromatic rings. The van der Waals surface area contributed by atoms with Gasteiger partial charge in [0.1, 0.15) is 0 Å². The van der Waals surface area contributed by atoms with E-state index in [1.807, 2.05) is 32.9 Å². The monoisotopic (exact) mass is 418 g/mol. The van der Waals surface area contributed by atoms with Crippen LogP contribution in [0.5, 0.6) is 11.5 Å². The summed E-state index contributed by atoms with van der Waals surface area (Å²) in [6.07, 6.45) is 2.70. The SMILES string of the molecule is COc1cc(C=CC(=O)NCC(=O)Nc2c(C)cc(C)cc2C)ccc1OC(F)F. The molecule has 0 saturated carbocycles. The molecular formula is C22H24F2N2O4. The van der Waals surface area contributed by atoms with Crippen LogP contribution >= 0.6 is 0 Å². The van der Waals surface area contributed by atoms with E-state index in [4.69, 9.17) is 4.74 Å². The molecule has 2 N–H and O–H groups in total. The maximum atomic E-state index is 12.4. The number of amides is 2. The van der Waals surface area contributed by atoms with E-state index < -0.39 is 12.5 Å². The standard InChI is InChI=1S/C22H24F2N2O4/c1-13-9-14(2)21(15(3)10-13)26-20(28)12-25-19(27)8-6-16-5-7-17(30-22(23)24)18(11-16)29-4/h5-11,22H,12H2,1-4H3,(H,25,27)(H,26,28). The lowest BCUT2D eigenvalue weighted by Crippen LogP contribution is -2.32. The van der Waals surface area contributed by atoms with E-state index in [-0.39, 0.29) is 24.0 Å². The molecule has 0 aliphatic carbocycles. The van der Waals surface area contributed by atoms with Crippen molar-refractivity contribution < 1.29 is 27.8 Å². The van der Waals surface area contributed by atoms with Gasteiger partial charge in [-0.05, 0) is 55.7 Å². The highest BCUT2D eigenvalue weighted by molar-refractivity contribution is 5.98. The number of hydrogen-bond donors (Lipinski definition) is 2. The molecule has 0 saturated heterocycles. The van der Waals surface area contributed by atoms with E-state index in [2.05, 4.69) is 15.4 Å². The summed E-state index contributed by atoms with van der Waals surface area (Å²) in [6.45, 7) is 2.63. The Bertz CT molecular complexity index is 935. The van der Waals surface area contributed by atoms with Crippen molar-refractivity contribution in [2.45, 2.75) is 27.4 Å². The molecule has 8 heteroatoms. The van der Waals surface area contributed by atoms with Crippen LogP contribution in [0.3, 0.4) is 0 Å². The fourth-order valence-electron chi connectivity index (χ4n) is 2.94. The Morgan fingerprint density at radius 3 is 2.33 bits per heavy atom. The van der Waals surface area contributed by atoms with Crippen LogP contribution in [0.1, 0.15) is 22.3 Å². The highest BCUT2D eigenvalue weighted by Crippen LogP contribution is 2.29. The number of alkyl halides is 2. The van der Waals surface area contributed by atoms with Gasteiger partial charge in [-0.25, -0.2) is 0 Å². The Hall–Kier alpha value is -3.42. The van der Waals surface area contributed by atoms with Crippen molar-refractivity contribution in [3.05, 3.63) is 58.7 Å². The van der Waals surface area contributed by atoms with Gasteiger partial charge in [-0.1, -0.05) is 23.8 Å². The highest BCUT2D eigenvalue weighted by atomic mass is 19.3. The van der Waals surface area contributed by atoms with Crippen LogP contribution in [0, 0.1) is 20.8 Å². The zero-order valence-corrected chi connectivity index (χ0v) is 17.2. The third-order valence-electron chi connectivity index (χ3n) is 4.20. The molecule has 0 radical (unpaired) electrons. The van der Waals surface area contributed by atoms with Gasteiger partial charge in [0.2, 0.25) is 11.8 Å². The quantitative estimate of drug-likeness (QED) is 0.636. The molecule has 30 heavy (non-hydrogen) atoms. The minimum atomic E-state index is -2.97. The van der Waals surface area contributed by atoms with Crippen molar-refractivity contribution >= 4 is 23.6 Å². The van der Waals surface area contributed by atoms with Crippen molar-refractivity contribution in [3.8, 4) is 11.5 Å². The molecule has 0 unspecified atom stereocenters. The zero-order valence-electron chi connectivity index (χ0n) is 17.2. The summed E-state index contributed by atoms with van der Waals surface area (Å²) in [5.74, 6) is -0.815. The van der Waals surface area contributed by atoms with Gasteiger partial charge in [-0.15, -0.1) is 0 Å². The lowest BCUT2D eigenvalue weighted by Gasteiger charge is -2.13. The maximum Gasteiger partial charge on any atom is 0.387 e.